The van der Waals surface area contributed by atoms with Gasteiger partial charge in [0.05, 0.1) is 0 Å². The molecule has 4 heteroatoms. The van der Waals surface area contributed by atoms with Crippen molar-refractivity contribution >= 4 is 27.2 Å². The third kappa shape index (κ3) is 1.99. The average molecular weight is 261 g/mol. The summed E-state index contributed by atoms with van der Waals surface area (Å²) < 4.78 is 1.32. The van der Waals surface area contributed by atoms with E-state index in [4.69, 9.17) is 5.73 Å². The molecule has 3 heterocycles. The highest BCUT2D eigenvalue weighted by molar-refractivity contribution is 7.17. The second-order valence-electron chi connectivity index (χ2n) is 5.17. The van der Waals surface area contributed by atoms with E-state index in [1.54, 1.807) is 11.3 Å². The Bertz CT molecular complexity index is 537. The molecule has 96 valence electrons. The highest BCUT2D eigenvalue weighted by atomic mass is 32.1. The van der Waals surface area contributed by atoms with Gasteiger partial charge in [-0.25, -0.2) is 4.98 Å². The minimum atomic E-state index is 0.592. The summed E-state index contributed by atoms with van der Waals surface area (Å²) in [6, 6.07) is 4.27. The lowest BCUT2D eigenvalue weighted by Crippen LogP contribution is -2.43. The van der Waals surface area contributed by atoms with E-state index in [2.05, 4.69) is 34.3 Å². The van der Waals surface area contributed by atoms with Crippen LogP contribution in [0.3, 0.4) is 0 Å². The maximum absolute atomic E-state index is 5.88. The van der Waals surface area contributed by atoms with Gasteiger partial charge < -0.3 is 10.6 Å². The quantitative estimate of drug-likeness (QED) is 0.904. The Labute approximate surface area is 112 Å². The van der Waals surface area contributed by atoms with Gasteiger partial charge >= 0.3 is 0 Å². The van der Waals surface area contributed by atoms with Crippen LogP contribution in [0.2, 0.25) is 0 Å². The molecule has 0 saturated carbocycles. The van der Waals surface area contributed by atoms with Crippen molar-refractivity contribution in [3.63, 3.8) is 0 Å². The van der Waals surface area contributed by atoms with Crippen molar-refractivity contribution in [1.29, 1.82) is 0 Å². The lowest BCUT2D eigenvalue weighted by molar-refractivity contribution is 0.307. The molecule has 18 heavy (non-hydrogen) atoms. The maximum atomic E-state index is 5.88. The van der Waals surface area contributed by atoms with Gasteiger partial charge in [0, 0.05) is 29.4 Å². The third-order valence-electron chi connectivity index (χ3n) is 4.08. The lowest BCUT2D eigenvalue weighted by Gasteiger charge is -2.37. The summed E-state index contributed by atoms with van der Waals surface area (Å²) in [6.45, 7) is 5.23. The van der Waals surface area contributed by atoms with Crippen molar-refractivity contribution in [3.8, 4) is 0 Å². The second kappa shape index (κ2) is 4.86. The van der Waals surface area contributed by atoms with Crippen molar-refractivity contribution in [2.75, 3.05) is 24.5 Å². The topological polar surface area (TPSA) is 42.2 Å². The number of nitrogens with two attached hydrogens (primary N) is 1. The first-order valence-corrected chi connectivity index (χ1v) is 7.45. The Morgan fingerprint density at radius 1 is 1.50 bits per heavy atom. The minimum absolute atomic E-state index is 0.592. The van der Waals surface area contributed by atoms with Crippen molar-refractivity contribution in [3.05, 3.63) is 23.7 Å². The van der Waals surface area contributed by atoms with Gasteiger partial charge in [-0.1, -0.05) is 6.92 Å². The lowest BCUT2D eigenvalue weighted by atomic mass is 9.87. The van der Waals surface area contributed by atoms with Gasteiger partial charge in [-0.2, -0.15) is 0 Å². The Balaban J connectivity index is 1.93. The summed E-state index contributed by atoms with van der Waals surface area (Å²) in [4.78, 5) is 7.00. The zero-order valence-electron chi connectivity index (χ0n) is 10.7. The van der Waals surface area contributed by atoms with Crippen LogP contribution in [0.25, 0.3) is 10.1 Å². The first-order chi connectivity index (χ1) is 8.79. The minimum Gasteiger partial charge on any atom is -0.356 e. The number of fused-ring (bicyclic) bond motifs is 1. The summed E-state index contributed by atoms with van der Waals surface area (Å²) in [5.74, 6) is 2.46. The van der Waals surface area contributed by atoms with E-state index in [0.717, 1.165) is 31.4 Å². The average Bonchev–Trinajstić information content (AvgIpc) is 2.87. The van der Waals surface area contributed by atoms with Crippen LogP contribution in [-0.2, 0) is 0 Å². The molecule has 1 saturated heterocycles. The predicted octanol–water partition coefficient (Wildman–Crippen LogP) is 2.72. The fourth-order valence-corrected chi connectivity index (χ4v) is 3.56. The van der Waals surface area contributed by atoms with E-state index in [0.29, 0.717) is 5.92 Å². The molecule has 3 nitrogen and oxygen atoms in total. The van der Waals surface area contributed by atoms with Gasteiger partial charge in [-0.3, -0.25) is 0 Å². The predicted molar refractivity (Wildman–Crippen MR) is 78.2 cm³/mol. The summed E-state index contributed by atoms with van der Waals surface area (Å²) in [5.41, 5.74) is 5.88. The number of hydrogen-bond acceptors (Lipinski definition) is 4. The maximum Gasteiger partial charge on any atom is 0.137 e. The van der Waals surface area contributed by atoms with E-state index in [9.17, 15) is 0 Å². The van der Waals surface area contributed by atoms with Crippen LogP contribution in [0.1, 0.15) is 13.3 Å². The number of rotatable bonds is 2. The smallest absolute Gasteiger partial charge is 0.137 e. The molecule has 0 bridgehead atoms. The van der Waals surface area contributed by atoms with Crippen LogP contribution in [-0.4, -0.2) is 24.6 Å². The number of aromatic nitrogens is 1. The molecular formula is C14H19N3S. The SMILES string of the molecule is CC1CCN(c2nccc3sccc23)CC1CN. The molecule has 1 fully saturated rings. The van der Waals surface area contributed by atoms with Gasteiger partial charge in [-0.05, 0) is 42.3 Å². The molecule has 1 aliphatic heterocycles. The van der Waals surface area contributed by atoms with Crippen LogP contribution < -0.4 is 10.6 Å². The monoisotopic (exact) mass is 261 g/mol. The molecular weight excluding hydrogens is 242 g/mol. The zero-order chi connectivity index (χ0) is 12.5. The molecule has 2 aromatic rings. The third-order valence-corrected chi connectivity index (χ3v) is 4.96. The summed E-state index contributed by atoms with van der Waals surface area (Å²) >= 11 is 1.78. The number of thiophene rings is 1. The van der Waals surface area contributed by atoms with Crippen molar-refractivity contribution in [2.24, 2.45) is 17.6 Å². The normalized spacial score (nSPS) is 24.7. The van der Waals surface area contributed by atoms with Crippen molar-refractivity contribution in [2.45, 2.75) is 13.3 Å². The first kappa shape index (κ1) is 11.9. The molecule has 0 radical (unpaired) electrons. The zero-order valence-corrected chi connectivity index (χ0v) is 11.5. The molecule has 2 unspecified atom stereocenters. The van der Waals surface area contributed by atoms with Crippen LogP contribution in [0, 0.1) is 11.8 Å². The van der Waals surface area contributed by atoms with Crippen LogP contribution in [0.15, 0.2) is 23.7 Å². The van der Waals surface area contributed by atoms with Gasteiger partial charge in [0.25, 0.3) is 0 Å². The standard InChI is InChI=1S/C14H19N3S/c1-10-3-6-17(9-11(10)8-15)14-12-4-7-18-13(12)2-5-16-14/h2,4-5,7,10-11H,3,6,8-9,15H2,1H3. The van der Waals surface area contributed by atoms with Gasteiger partial charge in [0.2, 0.25) is 0 Å². The highest BCUT2D eigenvalue weighted by Crippen LogP contribution is 2.32. The van der Waals surface area contributed by atoms with Crippen LogP contribution in [0.5, 0.6) is 0 Å². The summed E-state index contributed by atoms with van der Waals surface area (Å²) in [5, 5.41) is 3.43. The molecule has 0 spiro atoms. The summed E-state index contributed by atoms with van der Waals surface area (Å²) in [7, 11) is 0. The second-order valence-corrected chi connectivity index (χ2v) is 6.12. The van der Waals surface area contributed by atoms with Crippen molar-refractivity contribution in [1.82, 2.24) is 4.98 Å². The van der Waals surface area contributed by atoms with E-state index in [1.165, 1.54) is 16.5 Å². The largest absolute Gasteiger partial charge is 0.356 e. The molecule has 0 aromatic carbocycles. The van der Waals surface area contributed by atoms with E-state index in [-0.39, 0.29) is 0 Å². The Hall–Kier alpha value is -1.13. The van der Waals surface area contributed by atoms with E-state index >= 15 is 0 Å². The highest BCUT2D eigenvalue weighted by Gasteiger charge is 2.26. The number of anilines is 1. The van der Waals surface area contributed by atoms with Crippen LogP contribution >= 0.6 is 11.3 Å². The number of pyridine rings is 1. The number of piperidine rings is 1. The van der Waals surface area contributed by atoms with Gasteiger partial charge in [-0.15, -0.1) is 11.3 Å². The number of nitrogens with zero attached hydrogens (tertiary/aromatic N) is 2. The van der Waals surface area contributed by atoms with E-state index < -0.39 is 0 Å². The molecule has 2 aromatic heterocycles. The van der Waals surface area contributed by atoms with Crippen molar-refractivity contribution < 1.29 is 0 Å². The van der Waals surface area contributed by atoms with Gasteiger partial charge in [0.15, 0.2) is 0 Å². The van der Waals surface area contributed by atoms with Gasteiger partial charge in [0.1, 0.15) is 5.82 Å². The fourth-order valence-electron chi connectivity index (χ4n) is 2.78. The molecule has 2 N–H and O–H groups in total. The summed E-state index contributed by atoms with van der Waals surface area (Å²) in [6.07, 6.45) is 3.13. The van der Waals surface area contributed by atoms with E-state index in [1.807, 2.05) is 6.20 Å². The number of hydrogen-bond donors (Lipinski definition) is 1. The molecule has 0 aliphatic carbocycles. The van der Waals surface area contributed by atoms with Crippen LogP contribution in [0.4, 0.5) is 5.82 Å². The molecule has 0 amide bonds. The fraction of sp³-hybridized carbons (Fsp3) is 0.500. The Morgan fingerprint density at radius 3 is 3.22 bits per heavy atom. The Morgan fingerprint density at radius 2 is 2.39 bits per heavy atom. The molecule has 2 atom stereocenters. The molecule has 1 aliphatic rings. The molecule has 3 rings (SSSR count). The first-order valence-electron chi connectivity index (χ1n) is 6.57. The Kier molecular flexibility index (Phi) is 3.22.